The highest BCUT2D eigenvalue weighted by Crippen LogP contribution is 2.08. The summed E-state index contributed by atoms with van der Waals surface area (Å²) >= 11 is 0.833. The number of aromatic carboxylic acids is 1. The fraction of sp³-hybridized carbons (Fsp3) is 0.300. The average molecular weight is 384 g/mol. The van der Waals surface area contributed by atoms with Gasteiger partial charge in [0, 0.05) is 11.5 Å². The average Bonchev–Trinajstić information content (AvgIpc) is 3.20. The number of hydrogen-bond acceptors (Lipinski definition) is 12. The summed E-state index contributed by atoms with van der Waals surface area (Å²) in [7, 11) is -0.793. The van der Waals surface area contributed by atoms with Gasteiger partial charge in [0.25, 0.3) is 5.91 Å². The summed E-state index contributed by atoms with van der Waals surface area (Å²) < 4.78 is 4.86. The molecule has 0 radical (unpaired) electrons. The smallest absolute Gasteiger partial charge is 0.476 e. The van der Waals surface area contributed by atoms with Gasteiger partial charge in [-0.05, 0) is 0 Å². The van der Waals surface area contributed by atoms with E-state index in [1.165, 1.54) is 7.11 Å². The van der Waals surface area contributed by atoms with Gasteiger partial charge >= 0.3 is 13.1 Å². The number of carboxylic acids is 1. The van der Waals surface area contributed by atoms with Gasteiger partial charge in [-0.2, -0.15) is 9.36 Å². The number of anilines is 1. The van der Waals surface area contributed by atoms with Crippen molar-refractivity contribution in [2.24, 2.45) is 5.16 Å². The second-order valence-corrected chi connectivity index (χ2v) is 5.49. The van der Waals surface area contributed by atoms with Crippen LogP contribution in [0, 0.1) is 0 Å². The maximum Gasteiger partial charge on any atom is 0.477 e. The third-order valence-corrected chi connectivity index (χ3v) is 3.41. The van der Waals surface area contributed by atoms with Crippen LogP contribution in [0.25, 0.3) is 0 Å². The SMILES string of the molecule is CO/N=C(\C(=O)NC(Cn1cc(C(=O)O)nn1)B(O)O)c1nsc(N)n1. The Morgan fingerprint density at radius 3 is 2.77 bits per heavy atom. The molecule has 1 unspecified atom stereocenters. The number of carbonyl (C=O) groups is 2. The van der Waals surface area contributed by atoms with E-state index >= 15 is 0 Å². The van der Waals surface area contributed by atoms with E-state index in [2.05, 4.69) is 35.0 Å². The third-order valence-electron chi connectivity index (χ3n) is 2.87. The van der Waals surface area contributed by atoms with Gasteiger partial charge in [0.05, 0.1) is 18.7 Å². The molecule has 2 aromatic heterocycles. The molecule has 2 heterocycles. The van der Waals surface area contributed by atoms with Gasteiger partial charge in [-0.15, -0.1) is 5.10 Å². The van der Waals surface area contributed by atoms with Crippen molar-refractivity contribution in [1.29, 1.82) is 0 Å². The van der Waals surface area contributed by atoms with E-state index in [9.17, 15) is 19.6 Å². The van der Waals surface area contributed by atoms with Gasteiger partial charge in [0.1, 0.15) is 7.11 Å². The highest BCUT2D eigenvalue weighted by atomic mass is 32.1. The zero-order valence-corrected chi connectivity index (χ0v) is 14.0. The van der Waals surface area contributed by atoms with Crippen LogP contribution >= 0.6 is 11.5 Å². The second kappa shape index (κ2) is 8.32. The molecule has 2 aromatic rings. The fourth-order valence-electron chi connectivity index (χ4n) is 1.74. The van der Waals surface area contributed by atoms with Crippen molar-refractivity contribution < 1.29 is 29.6 Å². The van der Waals surface area contributed by atoms with E-state index < -0.39 is 24.9 Å². The Bertz CT molecular complexity index is 822. The Hall–Kier alpha value is -3.11. The van der Waals surface area contributed by atoms with Crippen LogP contribution in [0.15, 0.2) is 11.4 Å². The molecule has 16 heteroatoms. The summed E-state index contributed by atoms with van der Waals surface area (Å²) in [6.45, 7) is -0.281. The van der Waals surface area contributed by atoms with E-state index in [1.54, 1.807) is 0 Å². The molecule has 0 saturated heterocycles. The molecule has 138 valence electrons. The molecule has 14 nitrogen and oxygen atoms in total. The number of hydrogen-bond donors (Lipinski definition) is 5. The standard InChI is InChI=1S/C10H13BN8O6S/c1-25-16-6(7-14-10(12)26-17-7)8(20)13-5(11(23)24)3-19-2-4(9(21)22)15-18-19/h2,5,23-24H,3H2,1H3,(H,13,20)(H,21,22)(H2,12,14,17)/b16-6-. The van der Waals surface area contributed by atoms with Crippen LogP contribution in [0.2, 0.25) is 0 Å². The summed E-state index contributed by atoms with van der Waals surface area (Å²) in [6, 6.07) is 0. The highest BCUT2D eigenvalue weighted by Gasteiger charge is 2.30. The van der Waals surface area contributed by atoms with Crippen LogP contribution < -0.4 is 11.1 Å². The minimum absolute atomic E-state index is 0.0964. The summed E-state index contributed by atoms with van der Waals surface area (Å²) in [5.74, 6) is -3.56. The summed E-state index contributed by atoms with van der Waals surface area (Å²) in [5.41, 5.74) is 4.78. The van der Waals surface area contributed by atoms with E-state index in [0.29, 0.717) is 0 Å². The number of oxime groups is 1. The first-order valence-electron chi connectivity index (χ1n) is 6.83. The Labute approximate surface area is 149 Å². The number of carboxylic acid groups (broad SMARTS) is 1. The zero-order valence-electron chi connectivity index (χ0n) is 13.2. The number of amides is 1. The fourth-order valence-corrected chi connectivity index (χ4v) is 2.18. The predicted molar refractivity (Wildman–Crippen MR) is 87.0 cm³/mol. The lowest BCUT2D eigenvalue weighted by Crippen LogP contribution is -2.51. The first-order valence-corrected chi connectivity index (χ1v) is 7.60. The number of aromatic nitrogens is 5. The van der Waals surface area contributed by atoms with Crippen LogP contribution in [0.4, 0.5) is 5.13 Å². The Morgan fingerprint density at radius 1 is 1.54 bits per heavy atom. The van der Waals surface area contributed by atoms with Crippen molar-refractivity contribution in [2.45, 2.75) is 12.5 Å². The van der Waals surface area contributed by atoms with Crippen LogP contribution in [-0.4, -0.2) is 77.3 Å². The lowest BCUT2D eigenvalue weighted by atomic mass is 9.79. The van der Waals surface area contributed by atoms with E-state index in [0.717, 1.165) is 22.4 Å². The lowest BCUT2D eigenvalue weighted by Gasteiger charge is -2.17. The van der Waals surface area contributed by atoms with Gasteiger partial charge < -0.3 is 31.0 Å². The molecule has 1 atom stereocenters. The predicted octanol–water partition coefficient (Wildman–Crippen LogP) is -3.04. The van der Waals surface area contributed by atoms with Crippen molar-refractivity contribution in [1.82, 2.24) is 29.7 Å². The molecule has 0 aliphatic heterocycles. The third kappa shape index (κ3) is 4.71. The molecular formula is C10H13BN8O6S. The van der Waals surface area contributed by atoms with E-state index in [1.807, 2.05) is 0 Å². The minimum atomic E-state index is -1.99. The van der Waals surface area contributed by atoms with Crippen molar-refractivity contribution in [2.75, 3.05) is 12.8 Å². The largest absolute Gasteiger partial charge is 0.477 e. The molecule has 0 saturated carbocycles. The van der Waals surface area contributed by atoms with E-state index in [-0.39, 0.29) is 28.9 Å². The molecule has 0 aliphatic carbocycles. The molecule has 2 rings (SSSR count). The molecule has 1 amide bonds. The quantitative estimate of drug-likeness (QED) is 0.175. The molecule has 0 aromatic carbocycles. The molecule has 0 aliphatic rings. The van der Waals surface area contributed by atoms with Crippen molar-refractivity contribution in [3.05, 3.63) is 17.7 Å². The van der Waals surface area contributed by atoms with Crippen LogP contribution in [-0.2, 0) is 16.2 Å². The van der Waals surface area contributed by atoms with E-state index in [4.69, 9.17) is 10.8 Å². The minimum Gasteiger partial charge on any atom is -0.476 e. The zero-order chi connectivity index (χ0) is 19.3. The van der Waals surface area contributed by atoms with Crippen molar-refractivity contribution in [3.63, 3.8) is 0 Å². The topological polar surface area (TPSA) is 211 Å². The summed E-state index contributed by atoms with van der Waals surface area (Å²) in [5, 5.41) is 40.6. The van der Waals surface area contributed by atoms with Crippen LogP contribution in [0.5, 0.6) is 0 Å². The van der Waals surface area contributed by atoms with Crippen molar-refractivity contribution in [3.8, 4) is 0 Å². The molecule has 26 heavy (non-hydrogen) atoms. The number of nitrogens with two attached hydrogens (primary N) is 1. The number of rotatable bonds is 8. The van der Waals surface area contributed by atoms with Gasteiger partial charge in [0.2, 0.25) is 11.5 Å². The van der Waals surface area contributed by atoms with Gasteiger partial charge in [-0.25, -0.2) is 4.79 Å². The van der Waals surface area contributed by atoms with Gasteiger partial charge in [-0.1, -0.05) is 10.4 Å². The monoisotopic (exact) mass is 384 g/mol. The molecule has 0 fully saturated rings. The van der Waals surface area contributed by atoms with Crippen LogP contribution in [0.3, 0.4) is 0 Å². The molecule has 0 spiro atoms. The first kappa shape index (κ1) is 19.2. The highest BCUT2D eigenvalue weighted by molar-refractivity contribution is 7.09. The molecular weight excluding hydrogens is 371 g/mol. The van der Waals surface area contributed by atoms with Gasteiger partial charge in [-0.3, -0.25) is 9.48 Å². The first-order chi connectivity index (χ1) is 12.3. The number of nitrogen functional groups attached to an aromatic ring is 1. The lowest BCUT2D eigenvalue weighted by molar-refractivity contribution is -0.115. The summed E-state index contributed by atoms with van der Waals surface area (Å²) in [4.78, 5) is 31.5. The summed E-state index contributed by atoms with van der Waals surface area (Å²) in [6.07, 6.45) is 1.07. The van der Waals surface area contributed by atoms with Crippen molar-refractivity contribution >= 4 is 41.4 Å². The normalized spacial score (nSPS) is 12.5. The second-order valence-electron chi connectivity index (χ2n) is 4.70. The maximum atomic E-state index is 12.4. The van der Waals surface area contributed by atoms with Crippen LogP contribution in [0.1, 0.15) is 16.3 Å². The number of nitrogens with zero attached hydrogens (tertiary/aromatic N) is 6. The Kier molecular flexibility index (Phi) is 6.15. The molecule has 0 bridgehead atoms. The maximum absolute atomic E-state index is 12.4. The Balaban J connectivity index is 2.15. The number of nitrogens with one attached hydrogen (secondary N) is 1. The number of carbonyl (C=O) groups excluding carboxylic acids is 1. The van der Waals surface area contributed by atoms with Gasteiger partial charge in [0.15, 0.2) is 10.8 Å². The molecule has 6 N–H and O–H groups in total. The Morgan fingerprint density at radius 2 is 2.27 bits per heavy atom.